The minimum absolute atomic E-state index is 0.639. The Morgan fingerprint density at radius 3 is 2.00 bits per heavy atom. The molecule has 0 fully saturated rings. The molecule has 3 nitrogen and oxygen atoms in total. The zero-order chi connectivity index (χ0) is 5.15. The van der Waals surface area contributed by atoms with Crippen LogP contribution in [-0.2, 0) is 4.57 Å². The quantitative estimate of drug-likeness (QED) is 0.379. The summed E-state index contributed by atoms with van der Waals surface area (Å²) in [6.07, 6.45) is 0. The van der Waals surface area contributed by atoms with Crippen LogP contribution in [0.3, 0.4) is 0 Å². The Hall–Kier alpha value is -0.270. The number of aliphatic hydroxyl groups is 1. The molecule has 0 heterocycles. The van der Waals surface area contributed by atoms with Gasteiger partial charge in [0.15, 0.2) is 5.50 Å². The minimum atomic E-state index is -2.84. The molecule has 0 amide bonds. The van der Waals surface area contributed by atoms with Crippen LogP contribution < -0.4 is 0 Å². The Morgan fingerprint density at radius 2 is 2.00 bits per heavy atom. The summed E-state index contributed by atoms with van der Waals surface area (Å²) < 4.78 is 9.53. The summed E-state index contributed by atoms with van der Waals surface area (Å²) in [5.41, 5.74) is -0.639. The topological polar surface area (TPSA) is 57.5 Å². The summed E-state index contributed by atoms with van der Waals surface area (Å²) in [4.78, 5) is 7.83. The van der Waals surface area contributed by atoms with E-state index in [2.05, 4.69) is 6.58 Å². The maximum atomic E-state index is 9.53. The van der Waals surface area contributed by atoms with E-state index >= 15 is 0 Å². The fourth-order valence-electron chi connectivity index (χ4n) is 0. The van der Waals surface area contributed by atoms with E-state index in [0.717, 1.165) is 0 Å². The van der Waals surface area contributed by atoms with Crippen LogP contribution in [0, 0.1) is 0 Å². The standard InChI is InChI=1S/C2H5O3P/c1-2(3)6(4)5/h3,6H,1H2,(H,4,5). The number of hydrogen-bond acceptors (Lipinski definition) is 2. The molecule has 2 N–H and O–H groups in total. The van der Waals surface area contributed by atoms with E-state index < -0.39 is 13.5 Å². The Morgan fingerprint density at radius 1 is 1.83 bits per heavy atom. The van der Waals surface area contributed by atoms with Gasteiger partial charge in [-0.2, -0.15) is 0 Å². The first-order valence-electron chi connectivity index (χ1n) is 1.25. The third kappa shape index (κ3) is 2.00. The summed E-state index contributed by atoms with van der Waals surface area (Å²) in [5.74, 6) is 0. The fraction of sp³-hybridized carbons (Fsp3) is 0. The van der Waals surface area contributed by atoms with Gasteiger partial charge in [0.1, 0.15) is 0 Å². The molecule has 4 heteroatoms. The summed E-state index contributed by atoms with van der Waals surface area (Å²) in [7, 11) is -2.84. The predicted molar refractivity (Wildman–Crippen MR) is 23.0 cm³/mol. The summed E-state index contributed by atoms with van der Waals surface area (Å²) >= 11 is 0. The molecule has 0 aromatic rings. The molecule has 0 spiro atoms. The summed E-state index contributed by atoms with van der Waals surface area (Å²) in [5, 5.41) is 7.92. The molecular weight excluding hydrogens is 103 g/mol. The Balaban J connectivity index is 3.57. The molecule has 36 valence electrons. The lowest BCUT2D eigenvalue weighted by Crippen LogP contribution is -1.61. The van der Waals surface area contributed by atoms with Crippen molar-refractivity contribution in [1.82, 2.24) is 0 Å². The van der Waals surface area contributed by atoms with Crippen LogP contribution in [0.2, 0.25) is 0 Å². The number of rotatable bonds is 1. The Kier molecular flexibility index (Phi) is 1.91. The van der Waals surface area contributed by atoms with E-state index in [1.54, 1.807) is 0 Å². The molecule has 0 saturated carbocycles. The van der Waals surface area contributed by atoms with Crippen LogP contribution in [0.5, 0.6) is 0 Å². The van der Waals surface area contributed by atoms with Crippen LogP contribution >= 0.6 is 8.03 Å². The van der Waals surface area contributed by atoms with Gasteiger partial charge in [-0.25, -0.2) is 0 Å². The average Bonchev–Trinajstić information content (AvgIpc) is 1.36. The van der Waals surface area contributed by atoms with Crippen LogP contribution in [0.4, 0.5) is 0 Å². The maximum absolute atomic E-state index is 9.53. The number of hydrogen-bond donors (Lipinski definition) is 2. The zero-order valence-electron chi connectivity index (χ0n) is 3.01. The molecule has 0 aromatic heterocycles. The van der Waals surface area contributed by atoms with E-state index in [1.807, 2.05) is 0 Å². The smallest absolute Gasteiger partial charge is 0.250 e. The molecular formula is C2H5O3P. The van der Waals surface area contributed by atoms with Crippen molar-refractivity contribution in [3.63, 3.8) is 0 Å². The predicted octanol–water partition coefficient (Wildman–Crippen LogP) is 0.483. The molecule has 0 radical (unpaired) electrons. The van der Waals surface area contributed by atoms with Crippen LogP contribution in [-0.4, -0.2) is 10.00 Å². The molecule has 1 atom stereocenters. The van der Waals surface area contributed by atoms with Gasteiger partial charge in [0.25, 0.3) is 8.03 Å². The largest absolute Gasteiger partial charge is 0.503 e. The normalized spacial score (nSPS) is 13.5. The average molecular weight is 108 g/mol. The highest BCUT2D eigenvalue weighted by atomic mass is 31.1. The van der Waals surface area contributed by atoms with Gasteiger partial charge in [-0.05, 0) is 0 Å². The molecule has 6 heavy (non-hydrogen) atoms. The van der Waals surface area contributed by atoms with Gasteiger partial charge in [-0.1, -0.05) is 6.58 Å². The molecule has 0 aliphatic carbocycles. The first-order chi connectivity index (χ1) is 2.64. The van der Waals surface area contributed by atoms with Gasteiger partial charge in [0.05, 0.1) is 0 Å². The second-order valence-electron chi connectivity index (χ2n) is 0.752. The summed E-state index contributed by atoms with van der Waals surface area (Å²) in [6, 6.07) is 0. The van der Waals surface area contributed by atoms with Crippen molar-refractivity contribution in [2.75, 3.05) is 0 Å². The molecule has 0 aliphatic rings. The van der Waals surface area contributed by atoms with E-state index in [1.165, 1.54) is 0 Å². The second-order valence-corrected chi connectivity index (χ2v) is 1.94. The highest BCUT2D eigenvalue weighted by molar-refractivity contribution is 7.42. The van der Waals surface area contributed by atoms with Crippen molar-refractivity contribution in [1.29, 1.82) is 0 Å². The monoisotopic (exact) mass is 108 g/mol. The molecule has 1 unspecified atom stereocenters. The van der Waals surface area contributed by atoms with Gasteiger partial charge in [0, 0.05) is 0 Å². The third-order valence-electron chi connectivity index (χ3n) is 0.247. The van der Waals surface area contributed by atoms with Crippen molar-refractivity contribution in [3.8, 4) is 0 Å². The first kappa shape index (κ1) is 5.73. The minimum Gasteiger partial charge on any atom is -0.503 e. The lowest BCUT2D eigenvalue weighted by molar-refractivity contribution is 0.419. The van der Waals surface area contributed by atoms with Gasteiger partial charge >= 0.3 is 0 Å². The lowest BCUT2D eigenvalue weighted by atomic mass is 11.2. The van der Waals surface area contributed by atoms with E-state index in [0.29, 0.717) is 0 Å². The van der Waals surface area contributed by atoms with Crippen LogP contribution in [0.1, 0.15) is 0 Å². The van der Waals surface area contributed by atoms with Crippen molar-refractivity contribution in [2.45, 2.75) is 0 Å². The van der Waals surface area contributed by atoms with Crippen LogP contribution in [0.15, 0.2) is 12.1 Å². The van der Waals surface area contributed by atoms with Gasteiger partial charge < -0.3 is 10.00 Å². The third-order valence-corrected chi connectivity index (χ3v) is 0.741. The fourth-order valence-corrected chi connectivity index (χ4v) is 0. The molecule has 0 aliphatic heterocycles. The SMILES string of the molecule is C=C(O)[PH](=O)O. The van der Waals surface area contributed by atoms with E-state index in [-0.39, 0.29) is 0 Å². The maximum Gasteiger partial charge on any atom is 0.250 e. The van der Waals surface area contributed by atoms with Crippen molar-refractivity contribution >= 4 is 8.03 Å². The highest BCUT2D eigenvalue weighted by Gasteiger charge is 1.89. The lowest BCUT2D eigenvalue weighted by Gasteiger charge is -1.82. The summed E-state index contributed by atoms with van der Waals surface area (Å²) in [6.45, 7) is 2.79. The highest BCUT2D eigenvalue weighted by Crippen LogP contribution is 2.20. The molecule has 0 rings (SSSR count). The van der Waals surface area contributed by atoms with Crippen molar-refractivity contribution in [3.05, 3.63) is 12.1 Å². The Bertz CT molecular complexity index is 74.8. The Labute approximate surface area is 35.8 Å². The zero-order valence-corrected chi connectivity index (χ0v) is 4.01. The van der Waals surface area contributed by atoms with E-state index in [9.17, 15) is 4.57 Å². The molecule has 0 aromatic carbocycles. The molecule has 0 bridgehead atoms. The van der Waals surface area contributed by atoms with Gasteiger partial charge in [-0.3, -0.25) is 4.57 Å². The first-order valence-corrected chi connectivity index (χ1v) is 2.61. The van der Waals surface area contributed by atoms with Crippen molar-refractivity contribution < 1.29 is 14.6 Å². The van der Waals surface area contributed by atoms with E-state index in [4.69, 9.17) is 10.00 Å². The number of aliphatic hydroxyl groups excluding tert-OH is 1. The molecule has 0 saturated heterocycles. The second kappa shape index (κ2) is 2.00. The van der Waals surface area contributed by atoms with Gasteiger partial charge in [-0.15, -0.1) is 0 Å². The van der Waals surface area contributed by atoms with Crippen molar-refractivity contribution in [2.24, 2.45) is 0 Å². The van der Waals surface area contributed by atoms with Gasteiger partial charge in [0.2, 0.25) is 0 Å². The van der Waals surface area contributed by atoms with Crippen LogP contribution in [0.25, 0.3) is 0 Å².